The third-order valence-corrected chi connectivity index (χ3v) is 2.21. The lowest BCUT2D eigenvalue weighted by molar-refractivity contribution is 0.159. The molecule has 0 spiro atoms. The summed E-state index contributed by atoms with van der Waals surface area (Å²) in [6.07, 6.45) is -0.132. The van der Waals surface area contributed by atoms with Crippen LogP contribution >= 0.6 is 11.5 Å². The van der Waals surface area contributed by atoms with Crippen molar-refractivity contribution in [2.75, 3.05) is 0 Å². The van der Waals surface area contributed by atoms with Gasteiger partial charge in [0.15, 0.2) is 5.69 Å². The fraction of sp³-hybridized carbons (Fsp3) is 0.429. The van der Waals surface area contributed by atoms with E-state index in [1.54, 1.807) is 5.38 Å². The van der Waals surface area contributed by atoms with Gasteiger partial charge in [0.25, 0.3) is 5.89 Å². The minimum Gasteiger partial charge on any atom is -0.385 e. The molecule has 0 saturated heterocycles. The molecule has 0 saturated carbocycles. The summed E-state index contributed by atoms with van der Waals surface area (Å²) in [5.41, 5.74) is 0.539. The Morgan fingerprint density at radius 1 is 1.64 bits per heavy atom. The second kappa shape index (κ2) is 3.81. The van der Waals surface area contributed by atoms with Crippen LogP contribution in [0.15, 0.2) is 9.90 Å². The second-order valence-electron chi connectivity index (χ2n) is 2.67. The maximum Gasteiger partial charge on any atom is 0.279 e. The normalized spacial score (nSPS) is 13.0. The van der Waals surface area contributed by atoms with Crippen molar-refractivity contribution >= 4 is 11.5 Å². The molecule has 0 aromatic carbocycles. The van der Waals surface area contributed by atoms with Gasteiger partial charge in [-0.15, -0.1) is 5.10 Å². The number of rotatable bonds is 3. The zero-order chi connectivity index (χ0) is 9.97. The molecular formula is C7H8N4O2S. The van der Waals surface area contributed by atoms with Crippen LogP contribution in [0.2, 0.25) is 0 Å². The number of aliphatic hydroxyl groups excluding tert-OH is 1. The first-order valence-electron chi connectivity index (χ1n) is 4.10. The number of aliphatic hydroxyl groups is 1. The Hall–Kier alpha value is -1.34. The Labute approximate surface area is 83.8 Å². The predicted molar refractivity (Wildman–Crippen MR) is 48.5 cm³/mol. The molecule has 0 aliphatic rings. The third kappa shape index (κ3) is 1.64. The van der Waals surface area contributed by atoms with Gasteiger partial charge in [-0.2, -0.15) is 4.98 Å². The van der Waals surface area contributed by atoms with Crippen molar-refractivity contribution in [3.8, 4) is 11.6 Å². The summed E-state index contributed by atoms with van der Waals surface area (Å²) >= 11 is 1.21. The van der Waals surface area contributed by atoms with E-state index >= 15 is 0 Å². The SMILES string of the molecule is CCC(O)c1noc(-c2csnn2)n1. The van der Waals surface area contributed by atoms with Crippen LogP contribution in [-0.2, 0) is 0 Å². The Kier molecular flexibility index (Phi) is 2.51. The smallest absolute Gasteiger partial charge is 0.279 e. The van der Waals surface area contributed by atoms with Crippen LogP contribution in [-0.4, -0.2) is 24.8 Å². The van der Waals surface area contributed by atoms with E-state index < -0.39 is 6.10 Å². The minimum atomic E-state index is -0.681. The van der Waals surface area contributed by atoms with Crippen LogP contribution in [0.25, 0.3) is 11.6 Å². The van der Waals surface area contributed by atoms with E-state index in [1.807, 2.05) is 6.92 Å². The van der Waals surface area contributed by atoms with E-state index in [9.17, 15) is 5.11 Å². The van der Waals surface area contributed by atoms with Crippen LogP contribution in [0.1, 0.15) is 25.3 Å². The van der Waals surface area contributed by atoms with E-state index in [1.165, 1.54) is 11.5 Å². The molecule has 2 aromatic heterocycles. The summed E-state index contributed by atoms with van der Waals surface area (Å²) in [5.74, 6) is 0.580. The van der Waals surface area contributed by atoms with Crippen LogP contribution in [0.3, 0.4) is 0 Å². The van der Waals surface area contributed by atoms with Gasteiger partial charge < -0.3 is 9.63 Å². The van der Waals surface area contributed by atoms with Crippen molar-refractivity contribution in [2.24, 2.45) is 0 Å². The standard InChI is InChI=1S/C7H8N4O2S/c1-2-5(12)6-8-7(13-10-6)4-3-14-11-9-4/h3,5,12H,2H2,1H3. The summed E-state index contributed by atoms with van der Waals surface area (Å²) in [4.78, 5) is 4.00. The largest absolute Gasteiger partial charge is 0.385 e. The van der Waals surface area contributed by atoms with Crippen molar-refractivity contribution in [2.45, 2.75) is 19.4 Å². The van der Waals surface area contributed by atoms with Gasteiger partial charge in [-0.3, -0.25) is 0 Å². The second-order valence-corrected chi connectivity index (χ2v) is 3.28. The van der Waals surface area contributed by atoms with Crippen molar-refractivity contribution in [1.29, 1.82) is 0 Å². The number of aromatic nitrogens is 4. The van der Waals surface area contributed by atoms with E-state index in [-0.39, 0.29) is 5.82 Å². The zero-order valence-electron chi connectivity index (χ0n) is 7.41. The van der Waals surface area contributed by atoms with Crippen molar-refractivity contribution in [3.05, 3.63) is 11.2 Å². The Bertz CT molecular complexity index is 399. The fourth-order valence-corrected chi connectivity index (χ4v) is 1.34. The lowest BCUT2D eigenvalue weighted by Crippen LogP contribution is -1.97. The highest BCUT2D eigenvalue weighted by Crippen LogP contribution is 2.18. The molecule has 0 radical (unpaired) electrons. The van der Waals surface area contributed by atoms with Crippen molar-refractivity contribution < 1.29 is 9.63 Å². The molecule has 0 fully saturated rings. The van der Waals surface area contributed by atoms with Gasteiger partial charge in [-0.1, -0.05) is 16.6 Å². The van der Waals surface area contributed by atoms with Gasteiger partial charge in [-0.05, 0) is 18.0 Å². The highest BCUT2D eigenvalue weighted by molar-refractivity contribution is 7.03. The molecule has 0 aliphatic heterocycles. The van der Waals surface area contributed by atoms with Gasteiger partial charge in [0.1, 0.15) is 6.10 Å². The maximum absolute atomic E-state index is 9.42. The molecule has 1 N–H and O–H groups in total. The summed E-state index contributed by atoms with van der Waals surface area (Å²) in [6.45, 7) is 1.84. The average Bonchev–Trinajstić information content (AvgIpc) is 2.86. The molecule has 1 unspecified atom stereocenters. The fourth-order valence-electron chi connectivity index (χ4n) is 0.915. The van der Waals surface area contributed by atoms with Crippen LogP contribution in [0, 0.1) is 0 Å². The van der Waals surface area contributed by atoms with Crippen LogP contribution < -0.4 is 0 Å². The first-order valence-corrected chi connectivity index (χ1v) is 4.94. The Balaban J connectivity index is 2.26. The maximum atomic E-state index is 9.42. The molecule has 0 bridgehead atoms. The average molecular weight is 212 g/mol. The van der Waals surface area contributed by atoms with Gasteiger partial charge >= 0.3 is 0 Å². The predicted octanol–water partition coefficient (Wildman–Crippen LogP) is 1.03. The lowest BCUT2D eigenvalue weighted by atomic mass is 10.3. The summed E-state index contributed by atoms with van der Waals surface area (Å²) in [6, 6.07) is 0. The van der Waals surface area contributed by atoms with Crippen LogP contribution in [0.4, 0.5) is 0 Å². The highest BCUT2D eigenvalue weighted by Gasteiger charge is 2.15. The number of nitrogens with zero attached hydrogens (tertiary/aromatic N) is 4. The first-order chi connectivity index (χ1) is 6.81. The molecule has 2 aromatic rings. The van der Waals surface area contributed by atoms with E-state index in [0.29, 0.717) is 18.0 Å². The number of hydrogen-bond acceptors (Lipinski definition) is 7. The summed E-state index contributed by atoms with van der Waals surface area (Å²) in [7, 11) is 0. The third-order valence-electron chi connectivity index (χ3n) is 1.71. The van der Waals surface area contributed by atoms with Gasteiger partial charge in [-0.25, -0.2) is 0 Å². The molecule has 1 atom stereocenters. The summed E-state index contributed by atoms with van der Waals surface area (Å²) < 4.78 is 8.59. The number of hydrogen-bond donors (Lipinski definition) is 1. The highest BCUT2D eigenvalue weighted by atomic mass is 32.1. The van der Waals surface area contributed by atoms with E-state index in [2.05, 4.69) is 19.7 Å². The molecular weight excluding hydrogens is 204 g/mol. The molecule has 2 heterocycles. The van der Waals surface area contributed by atoms with Gasteiger partial charge in [0.05, 0.1) is 0 Å². The lowest BCUT2D eigenvalue weighted by Gasteiger charge is -1.97. The molecule has 6 nitrogen and oxygen atoms in total. The van der Waals surface area contributed by atoms with Crippen molar-refractivity contribution in [3.63, 3.8) is 0 Å². The van der Waals surface area contributed by atoms with Crippen molar-refractivity contribution in [1.82, 2.24) is 19.7 Å². The van der Waals surface area contributed by atoms with E-state index in [4.69, 9.17) is 4.52 Å². The Morgan fingerprint density at radius 3 is 3.14 bits per heavy atom. The molecule has 7 heteroatoms. The first kappa shape index (κ1) is 9.22. The Morgan fingerprint density at radius 2 is 2.50 bits per heavy atom. The monoisotopic (exact) mass is 212 g/mol. The van der Waals surface area contributed by atoms with Crippen LogP contribution in [0.5, 0.6) is 0 Å². The molecule has 0 aliphatic carbocycles. The van der Waals surface area contributed by atoms with Gasteiger partial charge in [0, 0.05) is 5.38 Å². The summed E-state index contributed by atoms with van der Waals surface area (Å²) in [5, 5.41) is 18.5. The molecule has 0 amide bonds. The zero-order valence-corrected chi connectivity index (χ0v) is 8.23. The molecule has 74 valence electrons. The van der Waals surface area contributed by atoms with Gasteiger partial charge in [0.2, 0.25) is 5.82 Å². The molecule has 2 rings (SSSR count). The topological polar surface area (TPSA) is 84.9 Å². The molecule has 14 heavy (non-hydrogen) atoms. The quantitative estimate of drug-likeness (QED) is 0.817. The van der Waals surface area contributed by atoms with E-state index in [0.717, 1.165) is 0 Å². The minimum absolute atomic E-state index is 0.288.